The van der Waals surface area contributed by atoms with Gasteiger partial charge in [0.1, 0.15) is 0 Å². The van der Waals surface area contributed by atoms with Gasteiger partial charge < -0.3 is 14.6 Å². The lowest BCUT2D eigenvalue weighted by atomic mass is 9.98. The summed E-state index contributed by atoms with van der Waals surface area (Å²) in [5, 5.41) is 8.97. The maximum atomic E-state index is 8.97. The third-order valence-electron chi connectivity index (χ3n) is 3.83. The van der Waals surface area contributed by atoms with E-state index in [1.54, 1.807) is 14.2 Å². The van der Waals surface area contributed by atoms with Crippen molar-refractivity contribution in [2.24, 2.45) is 5.41 Å². The number of hydrogen-bond acceptors (Lipinski definition) is 4. The molecule has 4 nitrogen and oxygen atoms in total. The molecule has 15 heavy (non-hydrogen) atoms. The Morgan fingerprint density at radius 3 is 2.20 bits per heavy atom. The fourth-order valence-electron chi connectivity index (χ4n) is 2.46. The number of likely N-dealkylation sites (tertiary alicyclic amines) is 1. The molecule has 0 aromatic rings. The monoisotopic (exact) mass is 215 g/mol. The Morgan fingerprint density at radius 2 is 1.80 bits per heavy atom. The van der Waals surface area contributed by atoms with Gasteiger partial charge in [0.2, 0.25) is 0 Å². The Kier molecular flexibility index (Phi) is 3.03. The van der Waals surface area contributed by atoms with Gasteiger partial charge in [-0.05, 0) is 24.7 Å². The van der Waals surface area contributed by atoms with Crippen molar-refractivity contribution in [2.45, 2.75) is 25.0 Å². The fourth-order valence-corrected chi connectivity index (χ4v) is 2.46. The van der Waals surface area contributed by atoms with Gasteiger partial charge in [0.25, 0.3) is 0 Å². The highest BCUT2D eigenvalue weighted by atomic mass is 16.7. The predicted molar refractivity (Wildman–Crippen MR) is 56.6 cm³/mol. The molecule has 1 heterocycles. The van der Waals surface area contributed by atoms with Crippen LogP contribution in [0.15, 0.2) is 0 Å². The molecule has 1 aliphatic heterocycles. The van der Waals surface area contributed by atoms with Crippen molar-refractivity contribution in [1.82, 2.24) is 4.90 Å². The second-order valence-electron chi connectivity index (χ2n) is 4.94. The molecular weight excluding hydrogens is 194 g/mol. The van der Waals surface area contributed by atoms with Gasteiger partial charge >= 0.3 is 0 Å². The van der Waals surface area contributed by atoms with Crippen molar-refractivity contribution >= 4 is 0 Å². The van der Waals surface area contributed by atoms with Crippen molar-refractivity contribution < 1.29 is 14.6 Å². The lowest BCUT2D eigenvalue weighted by Crippen LogP contribution is -2.64. The van der Waals surface area contributed by atoms with Crippen LogP contribution in [0.5, 0.6) is 0 Å². The first-order valence-corrected chi connectivity index (χ1v) is 5.61. The number of hydrogen-bond donors (Lipinski definition) is 1. The maximum absolute atomic E-state index is 8.97. The zero-order valence-corrected chi connectivity index (χ0v) is 9.66. The first kappa shape index (κ1) is 11.3. The van der Waals surface area contributed by atoms with E-state index in [1.165, 1.54) is 12.8 Å². The van der Waals surface area contributed by atoms with Crippen LogP contribution in [0.3, 0.4) is 0 Å². The van der Waals surface area contributed by atoms with Crippen molar-refractivity contribution in [3.8, 4) is 0 Å². The molecule has 0 unspecified atom stereocenters. The number of aliphatic hydroxyl groups excluding tert-OH is 1. The summed E-state index contributed by atoms with van der Waals surface area (Å²) >= 11 is 0. The molecule has 2 aliphatic rings. The lowest BCUT2D eigenvalue weighted by molar-refractivity contribution is -0.277. The van der Waals surface area contributed by atoms with E-state index in [-0.39, 0.29) is 5.79 Å². The van der Waals surface area contributed by atoms with Gasteiger partial charge in [-0.15, -0.1) is 0 Å². The van der Waals surface area contributed by atoms with Crippen molar-refractivity contribution in [1.29, 1.82) is 0 Å². The number of nitrogens with zero attached hydrogens (tertiary/aromatic N) is 1. The fraction of sp³-hybridized carbons (Fsp3) is 1.00. The summed E-state index contributed by atoms with van der Waals surface area (Å²) in [6.45, 7) is 3.11. The van der Waals surface area contributed by atoms with Gasteiger partial charge in [0.05, 0.1) is 13.1 Å². The standard InChI is InChI=1S/C11H21NO3/c1-14-11(15-2)8-12(9-11)7-10(3-4-10)5-6-13/h13H,3-9H2,1-2H3. The molecule has 1 saturated heterocycles. The lowest BCUT2D eigenvalue weighted by Gasteiger charge is -2.48. The van der Waals surface area contributed by atoms with E-state index < -0.39 is 0 Å². The summed E-state index contributed by atoms with van der Waals surface area (Å²) in [7, 11) is 3.39. The summed E-state index contributed by atoms with van der Waals surface area (Å²) in [6.07, 6.45) is 3.46. The summed E-state index contributed by atoms with van der Waals surface area (Å²) < 4.78 is 10.7. The van der Waals surface area contributed by atoms with Gasteiger partial charge in [-0.3, -0.25) is 4.90 Å². The van der Waals surface area contributed by atoms with Gasteiger partial charge in [-0.25, -0.2) is 0 Å². The van der Waals surface area contributed by atoms with Crippen LogP contribution in [0.25, 0.3) is 0 Å². The van der Waals surface area contributed by atoms with Crippen LogP contribution in [0.2, 0.25) is 0 Å². The van der Waals surface area contributed by atoms with E-state index in [4.69, 9.17) is 14.6 Å². The number of methoxy groups -OCH3 is 2. The average molecular weight is 215 g/mol. The van der Waals surface area contributed by atoms with Gasteiger partial charge in [0, 0.05) is 27.4 Å². The van der Waals surface area contributed by atoms with Gasteiger partial charge in [-0.1, -0.05) is 0 Å². The molecule has 1 N–H and O–H groups in total. The second-order valence-corrected chi connectivity index (χ2v) is 4.94. The number of ether oxygens (including phenoxy) is 2. The van der Waals surface area contributed by atoms with Gasteiger partial charge in [-0.2, -0.15) is 0 Å². The number of aliphatic hydroxyl groups is 1. The normalized spacial score (nSPS) is 27.4. The molecule has 0 aromatic carbocycles. The summed E-state index contributed by atoms with van der Waals surface area (Å²) in [5.74, 6) is -0.366. The first-order chi connectivity index (χ1) is 7.17. The largest absolute Gasteiger partial charge is 0.396 e. The van der Waals surface area contributed by atoms with Crippen LogP contribution in [-0.2, 0) is 9.47 Å². The van der Waals surface area contributed by atoms with Gasteiger partial charge in [0.15, 0.2) is 5.79 Å². The molecule has 1 saturated carbocycles. The van der Waals surface area contributed by atoms with E-state index in [2.05, 4.69) is 4.90 Å². The summed E-state index contributed by atoms with van der Waals surface area (Å²) in [6, 6.07) is 0. The van der Waals surface area contributed by atoms with Crippen LogP contribution < -0.4 is 0 Å². The highest BCUT2D eigenvalue weighted by Gasteiger charge is 2.50. The van der Waals surface area contributed by atoms with Crippen molar-refractivity contribution in [3.05, 3.63) is 0 Å². The van der Waals surface area contributed by atoms with E-state index in [0.29, 0.717) is 12.0 Å². The smallest absolute Gasteiger partial charge is 0.193 e. The molecule has 0 aromatic heterocycles. The van der Waals surface area contributed by atoms with Crippen molar-refractivity contribution in [3.63, 3.8) is 0 Å². The van der Waals surface area contributed by atoms with Crippen LogP contribution in [-0.4, -0.2) is 56.3 Å². The molecule has 4 heteroatoms. The van der Waals surface area contributed by atoms with E-state index >= 15 is 0 Å². The molecule has 2 rings (SSSR count). The zero-order valence-electron chi connectivity index (χ0n) is 9.66. The highest BCUT2D eigenvalue weighted by Crippen LogP contribution is 2.50. The van der Waals surface area contributed by atoms with Crippen LogP contribution in [0, 0.1) is 5.41 Å². The Balaban J connectivity index is 1.76. The summed E-state index contributed by atoms with van der Waals surface area (Å²) in [4.78, 5) is 2.36. The Labute approximate surface area is 91.2 Å². The second kappa shape index (κ2) is 4.01. The molecule has 1 aliphatic carbocycles. The third kappa shape index (κ3) is 2.18. The van der Waals surface area contributed by atoms with Crippen molar-refractivity contribution in [2.75, 3.05) is 40.5 Å². The molecule has 0 bridgehead atoms. The van der Waals surface area contributed by atoms with E-state index in [9.17, 15) is 0 Å². The van der Waals surface area contributed by atoms with Crippen LogP contribution in [0.1, 0.15) is 19.3 Å². The first-order valence-electron chi connectivity index (χ1n) is 5.61. The molecule has 0 atom stereocenters. The molecular formula is C11H21NO3. The molecule has 0 radical (unpaired) electrons. The minimum atomic E-state index is -0.366. The summed E-state index contributed by atoms with van der Waals surface area (Å²) in [5.41, 5.74) is 0.405. The van der Waals surface area contributed by atoms with Crippen LogP contribution in [0.4, 0.5) is 0 Å². The predicted octanol–water partition coefficient (Wildman–Crippen LogP) is 0.454. The topological polar surface area (TPSA) is 41.9 Å². The molecule has 2 fully saturated rings. The van der Waals surface area contributed by atoms with E-state index in [1.807, 2.05) is 0 Å². The Morgan fingerprint density at radius 1 is 1.20 bits per heavy atom. The number of rotatable bonds is 6. The minimum absolute atomic E-state index is 0.313. The molecule has 0 amide bonds. The quantitative estimate of drug-likeness (QED) is 0.653. The zero-order chi connectivity index (χ0) is 10.9. The van der Waals surface area contributed by atoms with E-state index in [0.717, 1.165) is 26.1 Å². The average Bonchev–Trinajstić information content (AvgIpc) is 2.92. The highest BCUT2D eigenvalue weighted by molar-refractivity contribution is 5.00. The minimum Gasteiger partial charge on any atom is -0.396 e. The molecule has 0 spiro atoms. The Hall–Kier alpha value is -0.160. The maximum Gasteiger partial charge on any atom is 0.193 e. The Bertz CT molecular complexity index is 216. The van der Waals surface area contributed by atoms with Crippen LogP contribution >= 0.6 is 0 Å². The SMILES string of the molecule is COC1(OC)CN(CC2(CCO)CC2)C1. The molecule has 88 valence electrons. The third-order valence-corrected chi connectivity index (χ3v) is 3.83.